The van der Waals surface area contributed by atoms with Crippen molar-refractivity contribution in [3.8, 4) is 5.75 Å². The van der Waals surface area contributed by atoms with Crippen molar-refractivity contribution in [2.45, 2.75) is 32.6 Å². The smallest absolute Gasteiger partial charge is 0.244 e. The Balaban J connectivity index is 0.00000408. The van der Waals surface area contributed by atoms with E-state index in [-0.39, 0.29) is 17.3 Å². The molecular weight excluding hydrogens is 494 g/mol. The van der Waals surface area contributed by atoms with Crippen molar-refractivity contribution in [3.05, 3.63) is 47.5 Å². The highest BCUT2D eigenvalue weighted by molar-refractivity contribution is 7.92. The number of nitrogens with zero attached hydrogens (tertiary/aromatic N) is 3. The summed E-state index contributed by atoms with van der Waals surface area (Å²) in [5.74, 6) is -0.472. The second-order valence-corrected chi connectivity index (χ2v) is 10.9. The molecule has 34 heavy (non-hydrogen) atoms. The number of aromatic nitrogens is 1. The summed E-state index contributed by atoms with van der Waals surface area (Å²) in [6, 6.07) is 10.4. The van der Waals surface area contributed by atoms with Gasteiger partial charge in [-0.15, -0.1) is 12.4 Å². The summed E-state index contributed by atoms with van der Waals surface area (Å²) in [6.07, 6.45) is 0. The lowest BCUT2D eigenvalue weighted by atomic mass is 10.2. The van der Waals surface area contributed by atoms with Crippen LogP contribution in [0, 0.1) is 13.8 Å². The number of anilines is 1. The Kier molecular flexibility index (Phi) is 9.87. The minimum Gasteiger partial charge on any atom is -0.494 e. The third-order valence-electron chi connectivity index (χ3n) is 5.67. The van der Waals surface area contributed by atoms with Gasteiger partial charge in [-0.3, -0.25) is 9.69 Å². The average Bonchev–Trinajstić information content (AvgIpc) is 3.23. The van der Waals surface area contributed by atoms with Crippen molar-refractivity contribution >= 4 is 54.8 Å². The second-order valence-electron chi connectivity index (χ2n) is 7.90. The summed E-state index contributed by atoms with van der Waals surface area (Å²) >= 11 is 1.38. The van der Waals surface area contributed by atoms with Crippen molar-refractivity contribution in [2.75, 3.05) is 43.9 Å². The van der Waals surface area contributed by atoms with Crippen molar-refractivity contribution in [1.82, 2.24) is 9.88 Å². The van der Waals surface area contributed by atoms with Gasteiger partial charge in [0.1, 0.15) is 17.0 Å². The number of aryl methyl sites for hydroxylation is 2. The van der Waals surface area contributed by atoms with Crippen LogP contribution in [0.15, 0.2) is 41.3 Å². The van der Waals surface area contributed by atoms with Crippen LogP contribution in [0.2, 0.25) is 0 Å². The molecule has 1 amide bonds. The molecule has 0 atom stereocenters. The lowest BCUT2D eigenvalue weighted by Gasteiger charge is -2.24. The zero-order valence-corrected chi connectivity index (χ0v) is 22.6. The van der Waals surface area contributed by atoms with E-state index in [9.17, 15) is 13.2 Å². The van der Waals surface area contributed by atoms with Gasteiger partial charge >= 0.3 is 0 Å². The number of ether oxygens (including phenoxy) is 1. The highest BCUT2D eigenvalue weighted by Crippen LogP contribution is 2.36. The Labute approximate surface area is 212 Å². The van der Waals surface area contributed by atoms with Crippen LogP contribution in [-0.2, 0) is 14.6 Å². The molecule has 0 fully saturated rings. The summed E-state index contributed by atoms with van der Waals surface area (Å²) in [4.78, 5) is 21.9. The van der Waals surface area contributed by atoms with Crippen LogP contribution in [-0.4, -0.2) is 63.3 Å². The average molecular weight is 526 g/mol. The van der Waals surface area contributed by atoms with Crippen LogP contribution in [0.1, 0.15) is 25.0 Å². The van der Waals surface area contributed by atoms with E-state index in [1.54, 1.807) is 31.4 Å². The fourth-order valence-electron chi connectivity index (χ4n) is 3.56. The fraction of sp³-hybridized carbons (Fsp3) is 0.417. The molecule has 1 aromatic heterocycles. The Morgan fingerprint density at radius 1 is 1.03 bits per heavy atom. The summed E-state index contributed by atoms with van der Waals surface area (Å²) in [5.41, 5.74) is 2.66. The van der Waals surface area contributed by atoms with E-state index in [1.165, 1.54) is 16.2 Å². The Hall–Kier alpha value is -2.20. The number of rotatable bonds is 10. The van der Waals surface area contributed by atoms with Gasteiger partial charge in [0.15, 0.2) is 15.0 Å². The third kappa shape index (κ3) is 6.27. The number of hydrogen-bond acceptors (Lipinski definition) is 7. The number of fused-ring (bicyclic) bond motifs is 1. The molecule has 186 valence electrons. The number of carbonyl (C=O) groups excluding carboxylic acids is 1. The number of sulfone groups is 1. The molecule has 3 aromatic rings. The van der Waals surface area contributed by atoms with Gasteiger partial charge in [0.25, 0.3) is 0 Å². The number of carbonyl (C=O) groups is 1. The number of amides is 1. The van der Waals surface area contributed by atoms with Gasteiger partial charge in [0.05, 0.1) is 16.7 Å². The highest BCUT2D eigenvalue weighted by atomic mass is 35.5. The van der Waals surface area contributed by atoms with Gasteiger partial charge in [-0.05, 0) is 50.7 Å². The first-order valence-corrected chi connectivity index (χ1v) is 13.4. The van der Waals surface area contributed by atoms with E-state index in [4.69, 9.17) is 9.72 Å². The molecule has 10 heteroatoms. The minimum absolute atomic E-state index is 0. The first kappa shape index (κ1) is 28.0. The summed E-state index contributed by atoms with van der Waals surface area (Å²) in [6.45, 7) is 10.6. The zero-order chi connectivity index (χ0) is 24.2. The molecule has 0 N–H and O–H groups in total. The molecule has 2 aromatic carbocycles. The van der Waals surface area contributed by atoms with Gasteiger partial charge in [-0.1, -0.05) is 48.9 Å². The normalized spacial score (nSPS) is 11.5. The second kappa shape index (κ2) is 12.0. The maximum Gasteiger partial charge on any atom is 0.244 e. The van der Waals surface area contributed by atoms with E-state index in [0.29, 0.717) is 29.5 Å². The van der Waals surface area contributed by atoms with E-state index in [1.807, 2.05) is 26.0 Å². The minimum atomic E-state index is -3.78. The molecule has 0 aliphatic heterocycles. The summed E-state index contributed by atoms with van der Waals surface area (Å²) in [7, 11) is -2.20. The maximum absolute atomic E-state index is 13.4. The topological polar surface area (TPSA) is 79.8 Å². The summed E-state index contributed by atoms with van der Waals surface area (Å²) in [5, 5.41) is 0.480. The van der Waals surface area contributed by atoms with Gasteiger partial charge < -0.3 is 9.64 Å². The van der Waals surface area contributed by atoms with Gasteiger partial charge in [0, 0.05) is 13.1 Å². The maximum atomic E-state index is 13.4. The molecular formula is C24H32ClN3O4S2. The standard InChI is InChI=1S/C24H31N3O4S2.ClH/c1-6-26(7-2)14-15-27(21(28)16-33(29,30)19-11-8-17(3)9-12-19)24-25-22-20(31-5)13-10-18(4)23(22)32-24;/h8-13H,6-7,14-16H2,1-5H3;1H. The van der Waals surface area contributed by atoms with E-state index < -0.39 is 21.5 Å². The first-order valence-electron chi connectivity index (χ1n) is 11.0. The SMILES string of the molecule is CCN(CC)CCN(C(=O)CS(=O)(=O)c1ccc(C)cc1)c1nc2c(OC)ccc(C)c2s1.Cl. The molecule has 0 radical (unpaired) electrons. The van der Waals surface area contributed by atoms with E-state index in [2.05, 4.69) is 18.7 Å². The molecule has 1 heterocycles. The van der Waals surface area contributed by atoms with Crippen molar-refractivity contribution in [1.29, 1.82) is 0 Å². The molecule has 0 aliphatic carbocycles. The van der Waals surface area contributed by atoms with Crippen LogP contribution >= 0.6 is 23.7 Å². The number of benzene rings is 2. The predicted molar refractivity (Wildman–Crippen MR) is 142 cm³/mol. The van der Waals surface area contributed by atoms with Gasteiger partial charge in [-0.25, -0.2) is 13.4 Å². The monoisotopic (exact) mass is 525 g/mol. The predicted octanol–water partition coefficient (Wildman–Crippen LogP) is 4.49. The molecule has 0 spiro atoms. The largest absolute Gasteiger partial charge is 0.494 e. The van der Waals surface area contributed by atoms with Crippen molar-refractivity contribution < 1.29 is 17.9 Å². The van der Waals surface area contributed by atoms with Crippen LogP contribution in [0.5, 0.6) is 5.75 Å². The lowest BCUT2D eigenvalue weighted by molar-refractivity contribution is -0.116. The number of thiazole rings is 1. The van der Waals surface area contributed by atoms with Gasteiger partial charge in [-0.2, -0.15) is 0 Å². The van der Waals surface area contributed by atoms with E-state index in [0.717, 1.165) is 28.9 Å². The summed E-state index contributed by atoms with van der Waals surface area (Å²) < 4.78 is 32.3. The third-order valence-corrected chi connectivity index (χ3v) is 8.50. The lowest BCUT2D eigenvalue weighted by Crippen LogP contribution is -2.41. The number of methoxy groups -OCH3 is 1. The molecule has 0 aliphatic rings. The zero-order valence-electron chi connectivity index (χ0n) is 20.2. The van der Waals surface area contributed by atoms with Crippen LogP contribution in [0.25, 0.3) is 10.2 Å². The molecule has 0 saturated heterocycles. The van der Waals surface area contributed by atoms with Crippen LogP contribution in [0.4, 0.5) is 5.13 Å². The molecule has 0 unspecified atom stereocenters. The quantitative estimate of drug-likeness (QED) is 0.388. The molecule has 0 saturated carbocycles. The van der Waals surface area contributed by atoms with Crippen LogP contribution in [0.3, 0.4) is 0 Å². The first-order chi connectivity index (χ1) is 15.7. The van der Waals surface area contributed by atoms with Crippen LogP contribution < -0.4 is 9.64 Å². The number of likely N-dealkylation sites (N-methyl/N-ethyl adjacent to an activating group) is 1. The molecule has 0 bridgehead atoms. The van der Waals surface area contributed by atoms with Crippen molar-refractivity contribution in [2.24, 2.45) is 0 Å². The number of hydrogen-bond donors (Lipinski definition) is 0. The number of halogens is 1. The molecule has 7 nitrogen and oxygen atoms in total. The van der Waals surface area contributed by atoms with Gasteiger partial charge in [0.2, 0.25) is 5.91 Å². The van der Waals surface area contributed by atoms with Crippen molar-refractivity contribution in [3.63, 3.8) is 0 Å². The Morgan fingerprint density at radius 2 is 1.68 bits per heavy atom. The Bertz CT molecular complexity index is 1220. The van der Waals surface area contributed by atoms with E-state index >= 15 is 0 Å². The Morgan fingerprint density at radius 3 is 2.26 bits per heavy atom. The highest BCUT2D eigenvalue weighted by Gasteiger charge is 2.27. The fourth-order valence-corrected chi connectivity index (χ4v) is 5.85. The molecule has 3 rings (SSSR count).